The Balaban J connectivity index is 2.59. The van der Waals surface area contributed by atoms with Crippen LogP contribution in [0.4, 0.5) is 32.0 Å². The molecule has 0 unspecified atom stereocenters. The van der Waals surface area contributed by atoms with E-state index in [9.17, 15) is 31.4 Å². The van der Waals surface area contributed by atoms with E-state index >= 15 is 0 Å². The highest BCUT2D eigenvalue weighted by Gasteiger charge is 2.37. The van der Waals surface area contributed by atoms with E-state index in [1.54, 1.807) is 39.8 Å². The fourth-order valence-electron chi connectivity index (χ4n) is 3.37. The van der Waals surface area contributed by atoms with Gasteiger partial charge in [-0.15, -0.1) is 0 Å². The predicted molar refractivity (Wildman–Crippen MR) is 118 cm³/mol. The molecule has 0 atom stereocenters. The summed E-state index contributed by atoms with van der Waals surface area (Å²) in [5, 5.41) is 10.4. The summed E-state index contributed by atoms with van der Waals surface area (Å²) in [4.78, 5) is 5.69. The Morgan fingerprint density at radius 2 is 1.61 bits per heavy atom. The van der Waals surface area contributed by atoms with E-state index < -0.39 is 29.5 Å². The number of halogens is 6. The van der Waals surface area contributed by atoms with Gasteiger partial charge >= 0.3 is 12.4 Å². The van der Waals surface area contributed by atoms with Crippen LogP contribution in [0.15, 0.2) is 58.1 Å². The lowest BCUT2D eigenvalue weighted by Crippen LogP contribution is -2.30. The van der Waals surface area contributed by atoms with E-state index in [-0.39, 0.29) is 23.3 Å². The van der Waals surface area contributed by atoms with Gasteiger partial charge in [-0.05, 0) is 76.3 Å². The maximum absolute atomic E-state index is 13.4. The molecule has 0 amide bonds. The van der Waals surface area contributed by atoms with Gasteiger partial charge < -0.3 is 10.0 Å². The highest BCUT2D eigenvalue weighted by Crippen LogP contribution is 2.39. The zero-order chi connectivity index (χ0) is 25.0. The molecule has 0 aliphatic heterocycles. The summed E-state index contributed by atoms with van der Waals surface area (Å²) in [5.74, 6) is 0.295. The number of aliphatic imine (C=N–C) groups is 1. The second-order valence-corrected chi connectivity index (χ2v) is 8.01. The van der Waals surface area contributed by atoms with Crippen molar-refractivity contribution in [3.8, 4) is 0 Å². The van der Waals surface area contributed by atoms with Gasteiger partial charge in [0.25, 0.3) is 0 Å². The first-order valence-corrected chi connectivity index (χ1v) is 10.7. The molecule has 0 saturated heterocycles. The lowest BCUT2D eigenvalue weighted by atomic mass is 9.89. The minimum atomic E-state index is -4.95. The second kappa shape index (κ2) is 10.5. The molecule has 2 rings (SSSR count). The average molecular weight is 474 g/mol. The lowest BCUT2D eigenvalue weighted by molar-refractivity contribution is -0.143. The van der Waals surface area contributed by atoms with Crippen LogP contribution < -0.4 is 4.90 Å². The normalized spacial score (nSPS) is 15.9. The fourth-order valence-corrected chi connectivity index (χ4v) is 3.37. The molecule has 9 heteroatoms. The molecule has 0 spiro atoms. The number of hydrogen-bond donors (Lipinski definition) is 1. The SMILES string of the molecule is C\C=C(/C=N/C(=C/CC)N(c1cc(C(F)(F)F)cc(C(F)(F)F)c1)C(C)C)C(O)=C1CCC1. The number of aliphatic hydroxyl groups is 1. The fraction of sp³-hybridized carbons (Fsp3) is 0.458. The van der Waals surface area contributed by atoms with Crippen LogP contribution in [0.2, 0.25) is 0 Å². The van der Waals surface area contributed by atoms with Gasteiger partial charge in [0.1, 0.15) is 11.6 Å². The average Bonchev–Trinajstić information content (AvgIpc) is 2.65. The summed E-state index contributed by atoms with van der Waals surface area (Å²) in [6.45, 7) is 6.79. The Kier molecular flexibility index (Phi) is 8.43. The van der Waals surface area contributed by atoms with Gasteiger partial charge in [0.15, 0.2) is 0 Å². The molecular formula is C24H28F6N2O. The summed E-state index contributed by atoms with van der Waals surface area (Å²) >= 11 is 0. The Morgan fingerprint density at radius 1 is 1.06 bits per heavy atom. The van der Waals surface area contributed by atoms with E-state index in [1.165, 1.54) is 11.1 Å². The number of nitrogens with zero attached hydrogens (tertiary/aromatic N) is 2. The molecule has 1 aliphatic rings. The summed E-state index contributed by atoms with van der Waals surface area (Å²) in [6, 6.07) is 0.990. The van der Waals surface area contributed by atoms with Gasteiger partial charge in [-0.3, -0.25) is 0 Å². The number of hydrogen-bond acceptors (Lipinski definition) is 3. The minimum absolute atomic E-state index is 0.106. The summed E-state index contributed by atoms with van der Waals surface area (Å²) in [6.07, 6.45) is -2.27. The van der Waals surface area contributed by atoms with Crippen LogP contribution in [0, 0.1) is 0 Å². The van der Waals surface area contributed by atoms with E-state index in [2.05, 4.69) is 4.99 Å². The van der Waals surface area contributed by atoms with E-state index in [0.29, 0.717) is 24.1 Å². The maximum atomic E-state index is 13.4. The van der Waals surface area contributed by atoms with Crippen LogP contribution in [0.5, 0.6) is 0 Å². The third-order valence-electron chi connectivity index (χ3n) is 5.21. The Bertz CT molecular complexity index is 930. The van der Waals surface area contributed by atoms with Crippen LogP contribution in [-0.2, 0) is 12.4 Å². The van der Waals surface area contributed by atoms with Gasteiger partial charge in [-0.2, -0.15) is 26.3 Å². The Labute approximate surface area is 189 Å². The van der Waals surface area contributed by atoms with Gasteiger partial charge in [0.05, 0.1) is 11.1 Å². The van der Waals surface area contributed by atoms with Crippen molar-refractivity contribution in [3.05, 3.63) is 64.2 Å². The third kappa shape index (κ3) is 6.65. The number of benzene rings is 1. The lowest BCUT2D eigenvalue weighted by Gasteiger charge is -2.30. The van der Waals surface area contributed by atoms with Gasteiger partial charge in [-0.1, -0.05) is 13.0 Å². The van der Waals surface area contributed by atoms with Crippen molar-refractivity contribution in [1.82, 2.24) is 0 Å². The summed E-state index contributed by atoms with van der Waals surface area (Å²) < 4.78 is 80.3. The van der Waals surface area contributed by atoms with E-state index in [4.69, 9.17) is 0 Å². The molecule has 0 aromatic heterocycles. The molecule has 1 aromatic rings. The molecular weight excluding hydrogens is 446 g/mol. The zero-order valence-corrected chi connectivity index (χ0v) is 19.0. The largest absolute Gasteiger partial charge is 0.507 e. The monoisotopic (exact) mass is 474 g/mol. The summed E-state index contributed by atoms with van der Waals surface area (Å²) in [5.41, 5.74) is -1.72. The van der Waals surface area contributed by atoms with Crippen molar-refractivity contribution in [2.24, 2.45) is 4.99 Å². The van der Waals surface area contributed by atoms with Gasteiger partial charge in [0.2, 0.25) is 0 Å². The second-order valence-electron chi connectivity index (χ2n) is 8.01. The first-order chi connectivity index (χ1) is 15.3. The molecule has 1 aromatic carbocycles. The molecule has 3 nitrogen and oxygen atoms in total. The standard InChI is InChI=1S/C24H28F6N2O/c1-5-8-21(31-14-16(6-2)22(33)17-9-7-10-17)32(15(3)4)20-12-18(23(25,26)27)11-19(13-20)24(28,29)30/h6,8,11-15,33H,5,7,9-10H2,1-4H3/b16-6+,21-8-,31-14+. The minimum Gasteiger partial charge on any atom is -0.507 e. The molecule has 0 bridgehead atoms. The number of alkyl halides is 6. The van der Waals surface area contributed by atoms with Crippen molar-refractivity contribution in [1.29, 1.82) is 0 Å². The molecule has 0 radical (unpaired) electrons. The predicted octanol–water partition coefficient (Wildman–Crippen LogP) is 8.20. The molecule has 1 saturated carbocycles. The summed E-state index contributed by atoms with van der Waals surface area (Å²) in [7, 11) is 0. The molecule has 1 aliphatic carbocycles. The van der Waals surface area contributed by atoms with Crippen LogP contribution in [-0.4, -0.2) is 17.4 Å². The smallest absolute Gasteiger partial charge is 0.416 e. The first-order valence-electron chi connectivity index (χ1n) is 10.7. The van der Waals surface area contributed by atoms with Crippen LogP contribution in [0.1, 0.15) is 64.5 Å². The van der Waals surface area contributed by atoms with Crippen LogP contribution >= 0.6 is 0 Å². The Morgan fingerprint density at radius 3 is 1.97 bits per heavy atom. The molecule has 33 heavy (non-hydrogen) atoms. The quantitative estimate of drug-likeness (QED) is 0.246. The maximum Gasteiger partial charge on any atom is 0.416 e. The van der Waals surface area contributed by atoms with E-state index in [0.717, 1.165) is 24.8 Å². The molecule has 1 fully saturated rings. The van der Waals surface area contributed by atoms with Gasteiger partial charge in [0, 0.05) is 23.5 Å². The molecule has 0 heterocycles. The highest BCUT2D eigenvalue weighted by molar-refractivity contribution is 5.85. The molecule has 182 valence electrons. The van der Waals surface area contributed by atoms with Crippen molar-refractivity contribution in [2.45, 2.75) is 71.8 Å². The van der Waals surface area contributed by atoms with Crippen LogP contribution in [0.3, 0.4) is 0 Å². The van der Waals surface area contributed by atoms with Crippen molar-refractivity contribution in [2.75, 3.05) is 4.90 Å². The van der Waals surface area contributed by atoms with Gasteiger partial charge in [-0.25, -0.2) is 4.99 Å². The zero-order valence-electron chi connectivity index (χ0n) is 19.0. The Hall–Kier alpha value is -2.71. The number of anilines is 1. The highest BCUT2D eigenvalue weighted by atomic mass is 19.4. The molecule has 1 N–H and O–H groups in total. The number of allylic oxidation sites excluding steroid dienone is 4. The van der Waals surface area contributed by atoms with Crippen molar-refractivity contribution >= 4 is 11.9 Å². The number of aliphatic hydroxyl groups excluding tert-OH is 1. The first kappa shape index (κ1) is 26.5. The van der Waals surface area contributed by atoms with Crippen molar-refractivity contribution < 1.29 is 31.4 Å². The van der Waals surface area contributed by atoms with E-state index in [1.807, 2.05) is 0 Å². The third-order valence-corrected chi connectivity index (χ3v) is 5.21. The van der Waals surface area contributed by atoms with Crippen LogP contribution in [0.25, 0.3) is 0 Å². The topological polar surface area (TPSA) is 35.8 Å². The van der Waals surface area contributed by atoms with Crippen molar-refractivity contribution in [3.63, 3.8) is 0 Å². The number of rotatable bonds is 7.